The van der Waals surface area contributed by atoms with E-state index in [4.69, 9.17) is 4.42 Å². The highest BCUT2D eigenvalue weighted by Crippen LogP contribution is 2.23. The predicted molar refractivity (Wildman–Crippen MR) is 96.1 cm³/mol. The topological polar surface area (TPSA) is 45.4 Å². The van der Waals surface area contributed by atoms with Crippen molar-refractivity contribution in [1.29, 1.82) is 0 Å². The van der Waals surface area contributed by atoms with Crippen LogP contribution >= 0.6 is 0 Å². The smallest absolute Gasteiger partial charge is 0.318 e. The Bertz CT molecular complexity index is 605. The number of piperidine rings is 1. The van der Waals surface area contributed by atoms with Gasteiger partial charge in [0.05, 0.1) is 0 Å². The molecule has 1 aromatic heterocycles. The van der Waals surface area contributed by atoms with Crippen LogP contribution in [0.15, 0.2) is 34.7 Å². The van der Waals surface area contributed by atoms with Gasteiger partial charge in [-0.3, -0.25) is 4.90 Å². The Labute approximate surface area is 144 Å². The van der Waals surface area contributed by atoms with Gasteiger partial charge in [0.2, 0.25) is 5.89 Å². The third kappa shape index (κ3) is 4.15. The monoisotopic (exact) mass is 328 g/mol. The second-order valence-electron chi connectivity index (χ2n) is 6.50. The molecule has 5 heteroatoms. The molecule has 0 radical (unpaired) electrons. The van der Waals surface area contributed by atoms with Gasteiger partial charge in [-0.1, -0.05) is 49.3 Å². The normalized spacial score (nSPS) is 16.0. The lowest BCUT2D eigenvalue weighted by atomic mass is 10.0. The highest BCUT2D eigenvalue weighted by Gasteiger charge is 2.26. The number of nitrogens with zero attached hydrogens (tertiary/aromatic N) is 4. The Kier molecular flexibility index (Phi) is 5.86. The van der Waals surface area contributed by atoms with E-state index in [1.807, 2.05) is 0 Å². The lowest BCUT2D eigenvalue weighted by Crippen LogP contribution is -2.44. The molecule has 1 saturated heterocycles. The molecule has 1 fully saturated rings. The van der Waals surface area contributed by atoms with Crippen molar-refractivity contribution in [1.82, 2.24) is 15.1 Å². The fraction of sp³-hybridized carbons (Fsp3) is 0.579. The summed E-state index contributed by atoms with van der Waals surface area (Å²) >= 11 is 0. The molecule has 0 saturated carbocycles. The number of aryl methyl sites for hydroxylation is 1. The summed E-state index contributed by atoms with van der Waals surface area (Å²) in [5.41, 5.74) is 1.39. The zero-order valence-electron chi connectivity index (χ0n) is 14.8. The van der Waals surface area contributed by atoms with Crippen LogP contribution in [0.25, 0.3) is 0 Å². The summed E-state index contributed by atoms with van der Waals surface area (Å²) in [6, 6.07) is 12.1. The van der Waals surface area contributed by atoms with E-state index < -0.39 is 0 Å². The first-order chi connectivity index (χ1) is 11.8. The van der Waals surface area contributed by atoms with Crippen LogP contribution in [-0.2, 0) is 13.0 Å². The van der Waals surface area contributed by atoms with Gasteiger partial charge in [0.1, 0.15) is 0 Å². The molecule has 0 spiro atoms. The van der Waals surface area contributed by atoms with E-state index in [0.29, 0.717) is 12.1 Å². The maximum atomic E-state index is 5.77. The average molecular weight is 328 g/mol. The Morgan fingerprint density at radius 1 is 1.12 bits per heavy atom. The third-order valence-electron chi connectivity index (χ3n) is 4.81. The first-order valence-electron chi connectivity index (χ1n) is 9.15. The SMILES string of the molecule is CCCc1nnc(N2CCC(N(CC)Cc3ccccc3)CC2)o1. The molecule has 5 nitrogen and oxygen atoms in total. The molecule has 1 aromatic carbocycles. The molecule has 0 N–H and O–H groups in total. The van der Waals surface area contributed by atoms with Gasteiger partial charge in [-0.05, 0) is 31.4 Å². The van der Waals surface area contributed by atoms with E-state index in [0.717, 1.165) is 57.8 Å². The number of rotatable bonds is 7. The predicted octanol–water partition coefficient (Wildman–Crippen LogP) is 3.51. The molecule has 3 rings (SSSR count). The van der Waals surface area contributed by atoms with Gasteiger partial charge in [0, 0.05) is 32.1 Å². The van der Waals surface area contributed by atoms with Gasteiger partial charge in [-0.15, -0.1) is 5.10 Å². The summed E-state index contributed by atoms with van der Waals surface area (Å²) in [5.74, 6) is 0.758. The Morgan fingerprint density at radius 3 is 2.54 bits per heavy atom. The molecule has 0 bridgehead atoms. The number of hydrogen-bond donors (Lipinski definition) is 0. The average Bonchev–Trinajstić information content (AvgIpc) is 3.10. The molecular formula is C19H28N4O. The minimum Gasteiger partial charge on any atom is -0.408 e. The van der Waals surface area contributed by atoms with Crippen molar-refractivity contribution >= 4 is 6.01 Å². The van der Waals surface area contributed by atoms with E-state index in [9.17, 15) is 0 Å². The lowest BCUT2D eigenvalue weighted by Gasteiger charge is -2.37. The van der Waals surface area contributed by atoms with E-state index in [1.54, 1.807) is 0 Å². The quantitative estimate of drug-likeness (QED) is 0.778. The van der Waals surface area contributed by atoms with Crippen LogP contribution in [-0.4, -0.2) is 40.8 Å². The van der Waals surface area contributed by atoms with Gasteiger partial charge < -0.3 is 9.32 Å². The van der Waals surface area contributed by atoms with Crippen LogP contribution in [0.5, 0.6) is 0 Å². The first kappa shape index (κ1) is 17.0. The zero-order valence-corrected chi connectivity index (χ0v) is 14.8. The highest BCUT2D eigenvalue weighted by molar-refractivity contribution is 5.25. The molecule has 1 aliphatic heterocycles. The van der Waals surface area contributed by atoms with Crippen LogP contribution in [0.1, 0.15) is 44.6 Å². The molecule has 2 heterocycles. The summed E-state index contributed by atoms with van der Waals surface area (Å²) in [6.45, 7) is 8.48. The fourth-order valence-electron chi connectivity index (χ4n) is 3.43. The molecule has 24 heavy (non-hydrogen) atoms. The van der Waals surface area contributed by atoms with Crippen LogP contribution in [0.4, 0.5) is 6.01 Å². The van der Waals surface area contributed by atoms with E-state index >= 15 is 0 Å². The maximum Gasteiger partial charge on any atom is 0.318 e. The second-order valence-corrected chi connectivity index (χ2v) is 6.50. The summed E-state index contributed by atoms with van der Waals surface area (Å²) in [5, 5.41) is 8.35. The Hall–Kier alpha value is -1.88. The summed E-state index contributed by atoms with van der Waals surface area (Å²) in [4.78, 5) is 4.82. The van der Waals surface area contributed by atoms with Crippen molar-refractivity contribution in [3.8, 4) is 0 Å². The summed E-state index contributed by atoms with van der Waals surface area (Å²) < 4.78 is 5.77. The molecule has 0 aliphatic carbocycles. The maximum absolute atomic E-state index is 5.77. The van der Waals surface area contributed by atoms with Crippen molar-refractivity contribution < 1.29 is 4.42 Å². The van der Waals surface area contributed by atoms with E-state index in [-0.39, 0.29) is 0 Å². The van der Waals surface area contributed by atoms with Gasteiger partial charge in [-0.25, -0.2) is 0 Å². The van der Waals surface area contributed by atoms with Crippen molar-refractivity contribution in [3.63, 3.8) is 0 Å². The minimum atomic E-state index is 0.629. The molecule has 130 valence electrons. The first-order valence-corrected chi connectivity index (χ1v) is 9.15. The van der Waals surface area contributed by atoms with Gasteiger partial charge in [0.15, 0.2) is 0 Å². The minimum absolute atomic E-state index is 0.629. The zero-order chi connectivity index (χ0) is 16.8. The molecule has 0 unspecified atom stereocenters. The molecular weight excluding hydrogens is 300 g/mol. The van der Waals surface area contributed by atoms with Crippen molar-refractivity contribution in [2.24, 2.45) is 0 Å². The molecule has 0 amide bonds. The number of anilines is 1. The van der Waals surface area contributed by atoms with Crippen molar-refractivity contribution in [2.75, 3.05) is 24.5 Å². The van der Waals surface area contributed by atoms with E-state index in [2.05, 4.69) is 64.2 Å². The standard InChI is InChI=1S/C19H28N4O/c1-3-8-18-20-21-19(24-18)23-13-11-17(12-14-23)22(4-2)15-16-9-6-5-7-10-16/h5-7,9-10,17H,3-4,8,11-15H2,1-2H3. The molecule has 1 aliphatic rings. The summed E-state index contributed by atoms with van der Waals surface area (Å²) in [7, 11) is 0. The Morgan fingerprint density at radius 2 is 1.88 bits per heavy atom. The summed E-state index contributed by atoms with van der Waals surface area (Å²) in [6.07, 6.45) is 4.19. The van der Waals surface area contributed by atoms with Gasteiger partial charge in [-0.2, -0.15) is 0 Å². The lowest BCUT2D eigenvalue weighted by molar-refractivity contribution is 0.167. The Balaban J connectivity index is 1.55. The van der Waals surface area contributed by atoms with E-state index in [1.165, 1.54) is 5.56 Å². The van der Waals surface area contributed by atoms with Crippen molar-refractivity contribution in [3.05, 3.63) is 41.8 Å². The van der Waals surface area contributed by atoms with Crippen LogP contribution in [0, 0.1) is 0 Å². The number of hydrogen-bond acceptors (Lipinski definition) is 5. The highest BCUT2D eigenvalue weighted by atomic mass is 16.4. The largest absolute Gasteiger partial charge is 0.408 e. The van der Waals surface area contributed by atoms with Crippen LogP contribution in [0.3, 0.4) is 0 Å². The van der Waals surface area contributed by atoms with Gasteiger partial charge in [0.25, 0.3) is 0 Å². The fourth-order valence-corrected chi connectivity index (χ4v) is 3.43. The second kappa shape index (κ2) is 8.29. The number of benzene rings is 1. The van der Waals surface area contributed by atoms with Crippen LogP contribution in [0.2, 0.25) is 0 Å². The third-order valence-corrected chi connectivity index (χ3v) is 4.81. The van der Waals surface area contributed by atoms with Gasteiger partial charge >= 0.3 is 6.01 Å². The van der Waals surface area contributed by atoms with Crippen molar-refractivity contribution in [2.45, 2.75) is 52.1 Å². The number of aromatic nitrogens is 2. The molecule has 0 atom stereocenters. The van der Waals surface area contributed by atoms with Crippen LogP contribution < -0.4 is 4.90 Å². The molecule has 2 aromatic rings.